The molecule has 2 rings (SSSR count). The summed E-state index contributed by atoms with van der Waals surface area (Å²) in [5.41, 5.74) is 0.713. The third kappa shape index (κ3) is 2.29. The molecule has 0 spiro atoms. The number of aliphatic hydroxyl groups excluding tert-OH is 1. The fourth-order valence-electron chi connectivity index (χ4n) is 2.49. The maximum Gasteiger partial charge on any atom is 0.0955 e. The van der Waals surface area contributed by atoms with Gasteiger partial charge in [0, 0.05) is 24.6 Å². The number of nitrogens with zero attached hydrogens (tertiary/aromatic N) is 1. The Kier molecular flexibility index (Phi) is 3.62. The number of aromatic nitrogens is 1. The van der Waals surface area contributed by atoms with Crippen molar-refractivity contribution in [2.45, 2.75) is 50.7 Å². The molecular weight excluding hydrogens is 222 g/mol. The van der Waals surface area contributed by atoms with Crippen molar-refractivity contribution in [1.29, 1.82) is 0 Å². The molecule has 0 bridgehead atoms. The Morgan fingerprint density at radius 1 is 1.56 bits per heavy atom. The van der Waals surface area contributed by atoms with Gasteiger partial charge < -0.3 is 9.84 Å². The molecule has 4 heteroatoms. The fourth-order valence-corrected chi connectivity index (χ4v) is 3.30. The van der Waals surface area contributed by atoms with Crippen LogP contribution < -0.4 is 0 Å². The zero-order chi connectivity index (χ0) is 11.6. The van der Waals surface area contributed by atoms with E-state index in [1.54, 1.807) is 18.4 Å². The Hall–Kier alpha value is -0.450. The summed E-state index contributed by atoms with van der Waals surface area (Å²) >= 11 is 1.62. The van der Waals surface area contributed by atoms with Gasteiger partial charge in [0.05, 0.1) is 16.7 Å². The number of aliphatic hydroxyl groups is 1. The minimum atomic E-state index is -0.425. The maximum absolute atomic E-state index is 10.3. The van der Waals surface area contributed by atoms with Crippen LogP contribution in [0.25, 0.3) is 0 Å². The monoisotopic (exact) mass is 241 g/mol. The van der Waals surface area contributed by atoms with E-state index in [0.717, 1.165) is 36.4 Å². The van der Waals surface area contributed by atoms with Gasteiger partial charge in [-0.2, -0.15) is 0 Å². The summed E-state index contributed by atoms with van der Waals surface area (Å²) in [5.74, 6) is 0. The number of hydrogen-bond donors (Lipinski definition) is 1. The quantitative estimate of drug-likeness (QED) is 0.879. The second-order valence-corrected chi connectivity index (χ2v) is 5.52. The van der Waals surface area contributed by atoms with Gasteiger partial charge in [0.2, 0.25) is 0 Å². The summed E-state index contributed by atoms with van der Waals surface area (Å²) in [5, 5.41) is 13.3. The summed E-state index contributed by atoms with van der Waals surface area (Å²) in [4.78, 5) is 4.39. The molecule has 3 nitrogen and oxygen atoms in total. The highest BCUT2D eigenvalue weighted by atomic mass is 32.1. The Bertz CT molecular complexity index is 345. The summed E-state index contributed by atoms with van der Waals surface area (Å²) in [7, 11) is 1.71. The first-order valence-electron chi connectivity index (χ1n) is 5.80. The van der Waals surface area contributed by atoms with Gasteiger partial charge in [0.1, 0.15) is 0 Å². The largest absolute Gasteiger partial charge is 0.390 e. The molecule has 16 heavy (non-hydrogen) atoms. The van der Waals surface area contributed by atoms with Crippen LogP contribution in [0.5, 0.6) is 0 Å². The van der Waals surface area contributed by atoms with Crippen molar-refractivity contribution in [3.8, 4) is 0 Å². The van der Waals surface area contributed by atoms with E-state index in [-0.39, 0.29) is 5.60 Å². The first kappa shape index (κ1) is 12.0. The number of rotatable bonds is 4. The van der Waals surface area contributed by atoms with Crippen LogP contribution in [-0.2, 0) is 11.2 Å². The molecule has 1 saturated carbocycles. The molecule has 1 aromatic heterocycles. The zero-order valence-electron chi connectivity index (χ0n) is 9.90. The van der Waals surface area contributed by atoms with Crippen molar-refractivity contribution in [2.75, 3.05) is 7.11 Å². The lowest BCUT2D eigenvalue weighted by Gasteiger charge is -2.32. The van der Waals surface area contributed by atoms with Crippen LogP contribution in [0.1, 0.15) is 36.4 Å². The molecule has 0 aliphatic heterocycles. The number of ether oxygens (including phenoxy) is 1. The summed E-state index contributed by atoms with van der Waals surface area (Å²) in [6.45, 7) is 1.98. The number of methoxy groups -OCH3 is 1. The van der Waals surface area contributed by atoms with Crippen LogP contribution in [-0.4, -0.2) is 28.9 Å². The van der Waals surface area contributed by atoms with E-state index in [0.29, 0.717) is 6.42 Å². The summed E-state index contributed by atoms with van der Waals surface area (Å²) in [6.07, 6.45) is 4.44. The van der Waals surface area contributed by atoms with Crippen LogP contribution in [0.15, 0.2) is 5.38 Å². The van der Waals surface area contributed by atoms with E-state index in [1.807, 2.05) is 12.3 Å². The summed E-state index contributed by atoms with van der Waals surface area (Å²) in [6, 6.07) is 0. The molecule has 1 unspecified atom stereocenters. The van der Waals surface area contributed by atoms with E-state index in [2.05, 4.69) is 4.98 Å². The molecule has 0 aromatic carbocycles. The van der Waals surface area contributed by atoms with Gasteiger partial charge in [0.15, 0.2) is 0 Å². The van der Waals surface area contributed by atoms with Gasteiger partial charge in [-0.25, -0.2) is 4.98 Å². The number of hydrogen-bond acceptors (Lipinski definition) is 4. The first-order chi connectivity index (χ1) is 7.66. The van der Waals surface area contributed by atoms with Crippen LogP contribution in [0.3, 0.4) is 0 Å². The van der Waals surface area contributed by atoms with E-state index >= 15 is 0 Å². The molecule has 1 fully saturated rings. The van der Waals surface area contributed by atoms with Gasteiger partial charge in [-0.3, -0.25) is 0 Å². The highest BCUT2D eigenvalue weighted by molar-refractivity contribution is 7.09. The molecule has 1 N–H and O–H groups in total. The molecule has 1 aliphatic rings. The number of thiazole rings is 1. The van der Waals surface area contributed by atoms with E-state index in [9.17, 15) is 5.11 Å². The van der Waals surface area contributed by atoms with Gasteiger partial charge in [-0.05, 0) is 19.8 Å². The second kappa shape index (κ2) is 4.82. The van der Waals surface area contributed by atoms with Crippen LogP contribution in [0.2, 0.25) is 0 Å². The predicted octanol–water partition coefficient (Wildman–Crippen LogP) is 2.31. The molecule has 0 amide bonds. The molecule has 1 heterocycles. The SMILES string of the molecule is COC1(C(O)Cc2nc(C)cs2)CCCC1. The molecule has 0 saturated heterocycles. The van der Waals surface area contributed by atoms with Crippen molar-refractivity contribution in [3.63, 3.8) is 0 Å². The smallest absolute Gasteiger partial charge is 0.0955 e. The van der Waals surface area contributed by atoms with Crippen molar-refractivity contribution >= 4 is 11.3 Å². The standard InChI is InChI=1S/C12H19NO2S/c1-9-8-16-11(13-9)7-10(14)12(15-2)5-3-4-6-12/h8,10,14H,3-7H2,1-2H3. The second-order valence-electron chi connectivity index (χ2n) is 4.58. The van der Waals surface area contributed by atoms with Crippen molar-refractivity contribution < 1.29 is 9.84 Å². The molecular formula is C12H19NO2S. The summed E-state index contributed by atoms with van der Waals surface area (Å²) < 4.78 is 5.57. The molecule has 1 aliphatic carbocycles. The zero-order valence-corrected chi connectivity index (χ0v) is 10.7. The lowest BCUT2D eigenvalue weighted by Crippen LogP contribution is -2.42. The van der Waals surface area contributed by atoms with E-state index < -0.39 is 6.10 Å². The third-order valence-corrected chi connectivity index (χ3v) is 4.49. The maximum atomic E-state index is 10.3. The Balaban J connectivity index is 2.03. The predicted molar refractivity (Wildman–Crippen MR) is 64.8 cm³/mol. The Morgan fingerprint density at radius 2 is 2.25 bits per heavy atom. The third-order valence-electron chi connectivity index (χ3n) is 3.50. The van der Waals surface area contributed by atoms with Crippen LogP contribution >= 0.6 is 11.3 Å². The van der Waals surface area contributed by atoms with Gasteiger partial charge in [-0.15, -0.1) is 11.3 Å². The first-order valence-corrected chi connectivity index (χ1v) is 6.68. The van der Waals surface area contributed by atoms with Crippen molar-refractivity contribution in [3.05, 3.63) is 16.1 Å². The minimum absolute atomic E-state index is 0.320. The fraction of sp³-hybridized carbons (Fsp3) is 0.750. The lowest BCUT2D eigenvalue weighted by molar-refractivity contribution is -0.0971. The molecule has 0 radical (unpaired) electrons. The average Bonchev–Trinajstić information content (AvgIpc) is 2.88. The Morgan fingerprint density at radius 3 is 2.75 bits per heavy atom. The number of aryl methyl sites for hydroxylation is 1. The molecule has 1 atom stereocenters. The average molecular weight is 241 g/mol. The lowest BCUT2D eigenvalue weighted by atomic mass is 9.92. The highest BCUT2D eigenvalue weighted by Crippen LogP contribution is 2.36. The van der Waals surface area contributed by atoms with Crippen molar-refractivity contribution in [2.24, 2.45) is 0 Å². The molecule has 1 aromatic rings. The Labute approximate surface area is 100 Å². The highest BCUT2D eigenvalue weighted by Gasteiger charge is 2.40. The van der Waals surface area contributed by atoms with E-state index in [1.165, 1.54) is 0 Å². The molecule has 90 valence electrons. The normalized spacial score (nSPS) is 21.2. The van der Waals surface area contributed by atoms with Gasteiger partial charge in [-0.1, -0.05) is 12.8 Å². The van der Waals surface area contributed by atoms with Gasteiger partial charge >= 0.3 is 0 Å². The topological polar surface area (TPSA) is 42.4 Å². The van der Waals surface area contributed by atoms with Crippen LogP contribution in [0, 0.1) is 6.92 Å². The van der Waals surface area contributed by atoms with E-state index in [4.69, 9.17) is 4.74 Å². The van der Waals surface area contributed by atoms with Crippen molar-refractivity contribution in [1.82, 2.24) is 4.98 Å². The van der Waals surface area contributed by atoms with Crippen LogP contribution in [0.4, 0.5) is 0 Å². The van der Waals surface area contributed by atoms with Gasteiger partial charge in [0.25, 0.3) is 0 Å². The minimum Gasteiger partial charge on any atom is -0.390 e.